The van der Waals surface area contributed by atoms with Gasteiger partial charge in [-0.15, -0.1) is 0 Å². The van der Waals surface area contributed by atoms with Gasteiger partial charge in [0.25, 0.3) is 0 Å². The maximum absolute atomic E-state index is 9.70. The predicted molar refractivity (Wildman–Crippen MR) is 78.4 cm³/mol. The predicted octanol–water partition coefficient (Wildman–Crippen LogP) is 2.99. The molecular formula is C16H21N3O. The van der Waals surface area contributed by atoms with E-state index < -0.39 is 0 Å². The van der Waals surface area contributed by atoms with Crippen molar-refractivity contribution in [3.8, 4) is 5.75 Å². The third-order valence-electron chi connectivity index (χ3n) is 3.98. The molecule has 1 aliphatic carbocycles. The second-order valence-electron chi connectivity index (χ2n) is 5.46. The highest BCUT2D eigenvalue weighted by atomic mass is 16.3. The van der Waals surface area contributed by atoms with Gasteiger partial charge in [0.2, 0.25) is 0 Å². The summed E-state index contributed by atoms with van der Waals surface area (Å²) < 4.78 is 2.12. The summed E-state index contributed by atoms with van der Waals surface area (Å²) in [5.41, 5.74) is 1.98. The van der Waals surface area contributed by atoms with Crippen LogP contribution in [0.25, 0.3) is 0 Å². The molecule has 0 amide bonds. The molecule has 2 N–H and O–H groups in total. The van der Waals surface area contributed by atoms with Gasteiger partial charge in [0.15, 0.2) is 0 Å². The Morgan fingerprint density at radius 2 is 1.95 bits per heavy atom. The fourth-order valence-electron chi connectivity index (χ4n) is 2.83. The van der Waals surface area contributed by atoms with Gasteiger partial charge >= 0.3 is 0 Å². The van der Waals surface area contributed by atoms with E-state index in [1.807, 2.05) is 18.2 Å². The van der Waals surface area contributed by atoms with Crippen molar-refractivity contribution in [3.05, 3.63) is 47.8 Å². The molecule has 20 heavy (non-hydrogen) atoms. The van der Waals surface area contributed by atoms with Crippen molar-refractivity contribution in [2.45, 2.75) is 44.8 Å². The monoisotopic (exact) mass is 271 g/mol. The quantitative estimate of drug-likeness (QED) is 0.879. The van der Waals surface area contributed by atoms with Crippen molar-refractivity contribution in [2.24, 2.45) is 0 Å². The van der Waals surface area contributed by atoms with Gasteiger partial charge in [-0.1, -0.05) is 31.0 Å². The Hall–Kier alpha value is -1.81. The smallest absolute Gasteiger partial charge is 0.120 e. The minimum Gasteiger partial charge on any atom is -0.508 e. The van der Waals surface area contributed by atoms with E-state index >= 15 is 0 Å². The van der Waals surface area contributed by atoms with Gasteiger partial charge in [-0.2, -0.15) is 5.10 Å². The molecule has 1 aromatic carbocycles. The maximum Gasteiger partial charge on any atom is 0.120 e. The SMILES string of the molecule is Oc1ccccc1CNCc1ccn(C2CCCC2)n1. The highest BCUT2D eigenvalue weighted by Crippen LogP contribution is 2.28. The number of rotatable bonds is 5. The van der Waals surface area contributed by atoms with Gasteiger partial charge in [-0.25, -0.2) is 0 Å². The molecule has 1 fully saturated rings. The molecule has 3 rings (SSSR count). The molecule has 2 aromatic rings. The average Bonchev–Trinajstić information content (AvgIpc) is 3.11. The molecule has 1 heterocycles. The van der Waals surface area contributed by atoms with Crippen LogP contribution in [0.5, 0.6) is 5.75 Å². The van der Waals surface area contributed by atoms with Crippen molar-refractivity contribution in [2.75, 3.05) is 0 Å². The highest BCUT2D eigenvalue weighted by Gasteiger charge is 2.17. The summed E-state index contributed by atoms with van der Waals surface area (Å²) in [6, 6.07) is 10.1. The minimum atomic E-state index is 0.344. The Morgan fingerprint density at radius 1 is 1.15 bits per heavy atom. The number of nitrogens with one attached hydrogen (secondary N) is 1. The van der Waals surface area contributed by atoms with Gasteiger partial charge in [-0.05, 0) is 25.0 Å². The fraction of sp³-hybridized carbons (Fsp3) is 0.438. The molecule has 4 nitrogen and oxygen atoms in total. The molecule has 0 bridgehead atoms. The van der Waals surface area contributed by atoms with Crippen LogP contribution >= 0.6 is 0 Å². The Balaban J connectivity index is 1.52. The summed E-state index contributed by atoms with van der Waals surface area (Å²) in [6.45, 7) is 1.39. The first kappa shape index (κ1) is 13.2. The second-order valence-corrected chi connectivity index (χ2v) is 5.46. The van der Waals surface area contributed by atoms with Gasteiger partial charge in [0.1, 0.15) is 5.75 Å². The molecule has 1 aliphatic rings. The molecule has 0 saturated heterocycles. The summed E-state index contributed by atoms with van der Waals surface area (Å²) >= 11 is 0. The summed E-state index contributed by atoms with van der Waals surface area (Å²) in [5.74, 6) is 0.344. The van der Waals surface area contributed by atoms with Gasteiger partial charge < -0.3 is 10.4 Å². The number of phenols is 1. The van der Waals surface area contributed by atoms with E-state index in [2.05, 4.69) is 27.4 Å². The van der Waals surface area contributed by atoms with Gasteiger partial charge in [-0.3, -0.25) is 4.68 Å². The minimum absolute atomic E-state index is 0.344. The molecule has 0 spiro atoms. The summed E-state index contributed by atoms with van der Waals surface area (Å²) in [4.78, 5) is 0. The zero-order valence-corrected chi connectivity index (χ0v) is 11.6. The van der Waals surface area contributed by atoms with Crippen LogP contribution in [-0.4, -0.2) is 14.9 Å². The Kier molecular flexibility index (Phi) is 4.02. The lowest BCUT2D eigenvalue weighted by molar-refractivity contribution is 0.457. The largest absolute Gasteiger partial charge is 0.508 e. The van der Waals surface area contributed by atoms with E-state index in [0.717, 1.165) is 17.8 Å². The molecule has 0 radical (unpaired) electrons. The van der Waals surface area contributed by atoms with E-state index in [1.165, 1.54) is 25.7 Å². The third kappa shape index (κ3) is 3.02. The Labute approximate surface area is 119 Å². The average molecular weight is 271 g/mol. The van der Waals surface area contributed by atoms with Crippen molar-refractivity contribution < 1.29 is 5.11 Å². The lowest BCUT2D eigenvalue weighted by Gasteiger charge is -2.09. The zero-order chi connectivity index (χ0) is 13.8. The number of aromatic nitrogens is 2. The van der Waals surface area contributed by atoms with E-state index in [9.17, 15) is 5.11 Å². The fourth-order valence-corrected chi connectivity index (χ4v) is 2.83. The zero-order valence-electron chi connectivity index (χ0n) is 11.6. The van der Waals surface area contributed by atoms with Crippen LogP contribution < -0.4 is 5.32 Å². The summed E-state index contributed by atoms with van der Waals surface area (Å²) in [5, 5.41) is 17.7. The molecule has 0 unspecified atom stereocenters. The number of phenolic OH excluding ortho intramolecular Hbond substituents is 1. The first-order valence-electron chi connectivity index (χ1n) is 7.34. The third-order valence-corrected chi connectivity index (χ3v) is 3.98. The van der Waals surface area contributed by atoms with Crippen molar-refractivity contribution >= 4 is 0 Å². The Bertz CT molecular complexity index is 558. The number of aromatic hydroxyl groups is 1. The van der Waals surface area contributed by atoms with Crippen LogP contribution in [0.1, 0.15) is 43.0 Å². The first-order valence-corrected chi connectivity index (χ1v) is 7.34. The van der Waals surface area contributed by atoms with Crippen molar-refractivity contribution in [1.82, 2.24) is 15.1 Å². The van der Waals surface area contributed by atoms with Crippen LogP contribution in [-0.2, 0) is 13.1 Å². The molecule has 4 heteroatoms. The van der Waals surface area contributed by atoms with Crippen molar-refractivity contribution in [3.63, 3.8) is 0 Å². The van der Waals surface area contributed by atoms with Crippen LogP contribution in [0.4, 0.5) is 0 Å². The van der Waals surface area contributed by atoms with Crippen LogP contribution in [0.3, 0.4) is 0 Å². The number of hydrogen-bond acceptors (Lipinski definition) is 3. The molecule has 0 aliphatic heterocycles. The highest BCUT2D eigenvalue weighted by molar-refractivity contribution is 5.31. The first-order chi connectivity index (χ1) is 9.83. The number of nitrogens with zero attached hydrogens (tertiary/aromatic N) is 2. The van der Waals surface area contributed by atoms with E-state index in [1.54, 1.807) is 6.07 Å². The topological polar surface area (TPSA) is 50.1 Å². The molecule has 106 valence electrons. The molecule has 1 saturated carbocycles. The summed E-state index contributed by atoms with van der Waals surface area (Å²) in [6.07, 6.45) is 7.25. The van der Waals surface area contributed by atoms with E-state index in [0.29, 0.717) is 18.3 Å². The second kappa shape index (κ2) is 6.09. The van der Waals surface area contributed by atoms with E-state index in [4.69, 9.17) is 0 Å². The summed E-state index contributed by atoms with van der Waals surface area (Å²) in [7, 11) is 0. The normalized spacial score (nSPS) is 15.8. The molecule has 0 atom stereocenters. The Morgan fingerprint density at radius 3 is 2.75 bits per heavy atom. The van der Waals surface area contributed by atoms with Gasteiger partial charge in [0.05, 0.1) is 11.7 Å². The van der Waals surface area contributed by atoms with Gasteiger partial charge in [0, 0.05) is 24.8 Å². The lowest BCUT2D eigenvalue weighted by Crippen LogP contribution is -2.14. The maximum atomic E-state index is 9.70. The van der Waals surface area contributed by atoms with E-state index in [-0.39, 0.29) is 0 Å². The molecular weight excluding hydrogens is 250 g/mol. The number of benzene rings is 1. The lowest BCUT2D eigenvalue weighted by atomic mass is 10.2. The number of hydrogen-bond donors (Lipinski definition) is 2. The number of para-hydroxylation sites is 1. The molecule has 1 aromatic heterocycles. The van der Waals surface area contributed by atoms with Crippen LogP contribution in [0.2, 0.25) is 0 Å². The van der Waals surface area contributed by atoms with Crippen LogP contribution in [0.15, 0.2) is 36.5 Å². The van der Waals surface area contributed by atoms with Crippen LogP contribution in [0, 0.1) is 0 Å². The van der Waals surface area contributed by atoms with Crippen molar-refractivity contribution in [1.29, 1.82) is 0 Å². The standard InChI is InChI=1S/C16H21N3O/c20-16-8-4-1-5-13(16)11-17-12-14-9-10-19(18-14)15-6-2-3-7-15/h1,4-5,8-10,15,17,20H,2-3,6-7,11-12H2.